The Hall–Kier alpha value is -3.26. The van der Waals surface area contributed by atoms with E-state index in [2.05, 4.69) is 15.0 Å². The molecule has 2 aromatic carbocycles. The molecule has 6 nitrogen and oxygen atoms in total. The van der Waals surface area contributed by atoms with Gasteiger partial charge in [0.1, 0.15) is 5.82 Å². The molecule has 0 spiro atoms. The third kappa shape index (κ3) is 4.52. The normalized spacial score (nSPS) is 11.1. The fraction of sp³-hybridized carbons (Fsp3) is 0.100. The second-order valence-electron chi connectivity index (χ2n) is 6.06. The van der Waals surface area contributed by atoms with E-state index in [-0.39, 0.29) is 22.7 Å². The van der Waals surface area contributed by atoms with E-state index >= 15 is 0 Å². The predicted molar refractivity (Wildman–Crippen MR) is 104 cm³/mol. The molecule has 28 heavy (non-hydrogen) atoms. The standard InChI is InChI=1S/C20H18FN3O3S/c1-14-6-5-11-22-19(14)13-23-20(25)15-7-4-8-16(12-15)28(26,27)24-18-10-3-2-9-17(18)21/h2-12,24H,13H2,1H3,(H,23,25). The van der Waals surface area contributed by atoms with Crippen LogP contribution in [0, 0.1) is 12.7 Å². The van der Waals surface area contributed by atoms with Crippen LogP contribution < -0.4 is 10.0 Å². The monoisotopic (exact) mass is 399 g/mol. The molecule has 0 radical (unpaired) electrons. The van der Waals surface area contributed by atoms with Gasteiger partial charge in [0.15, 0.2) is 0 Å². The van der Waals surface area contributed by atoms with Gasteiger partial charge < -0.3 is 5.32 Å². The van der Waals surface area contributed by atoms with Crippen molar-refractivity contribution in [1.82, 2.24) is 10.3 Å². The number of nitrogens with one attached hydrogen (secondary N) is 2. The summed E-state index contributed by atoms with van der Waals surface area (Å²) in [7, 11) is -4.05. The number of rotatable bonds is 6. The number of nitrogens with zero attached hydrogens (tertiary/aromatic N) is 1. The van der Waals surface area contributed by atoms with Crippen LogP contribution in [0.5, 0.6) is 0 Å². The Morgan fingerprint density at radius 3 is 2.61 bits per heavy atom. The van der Waals surface area contributed by atoms with Gasteiger partial charge in [-0.05, 0) is 48.9 Å². The number of carbonyl (C=O) groups is 1. The summed E-state index contributed by atoms with van der Waals surface area (Å²) >= 11 is 0. The average molecular weight is 399 g/mol. The van der Waals surface area contributed by atoms with Crippen LogP contribution in [0.1, 0.15) is 21.6 Å². The van der Waals surface area contributed by atoms with E-state index in [1.807, 2.05) is 13.0 Å². The van der Waals surface area contributed by atoms with Crippen molar-refractivity contribution in [1.29, 1.82) is 0 Å². The highest BCUT2D eigenvalue weighted by molar-refractivity contribution is 7.92. The Balaban J connectivity index is 1.77. The number of sulfonamides is 1. The van der Waals surface area contributed by atoms with Crippen LogP contribution in [-0.4, -0.2) is 19.3 Å². The summed E-state index contributed by atoms with van der Waals surface area (Å²) in [6, 6.07) is 14.7. The van der Waals surface area contributed by atoms with Crippen LogP contribution in [0.3, 0.4) is 0 Å². The minimum Gasteiger partial charge on any atom is -0.346 e. The molecule has 0 atom stereocenters. The van der Waals surface area contributed by atoms with E-state index in [0.717, 1.165) is 17.3 Å². The highest BCUT2D eigenvalue weighted by Gasteiger charge is 2.18. The number of hydrogen-bond donors (Lipinski definition) is 2. The van der Waals surface area contributed by atoms with Gasteiger partial charge in [0.2, 0.25) is 0 Å². The SMILES string of the molecule is Cc1cccnc1CNC(=O)c1cccc(S(=O)(=O)Nc2ccccc2F)c1. The van der Waals surface area contributed by atoms with Gasteiger partial charge in [0, 0.05) is 11.8 Å². The summed E-state index contributed by atoms with van der Waals surface area (Å²) in [6.07, 6.45) is 1.63. The number of aromatic nitrogens is 1. The molecule has 8 heteroatoms. The summed E-state index contributed by atoms with van der Waals surface area (Å²) < 4.78 is 41.0. The highest BCUT2D eigenvalue weighted by Crippen LogP contribution is 2.19. The summed E-state index contributed by atoms with van der Waals surface area (Å²) in [5.74, 6) is -1.13. The first-order valence-corrected chi connectivity index (χ1v) is 9.91. The fourth-order valence-corrected chi connectivity index (χ4v) is 3.63. The molecule has 3 aromatic rings. The number of carbonyl (C=O) groups excluding carboxylic acids is 1. The van der Waals surface area contributed by atoms with Crippen LogP contribution in [0.2, 0.25) is 0 Å². The average Bonchev–Trinajstić information content (AvgIpc) is 2.69. The van der Waals surface area contributed by atoms with Crippen molar-refractivity contribution in [3.05, 3.63) is 89.5 Å². The zero-order chi connectivity index (χ0) is 20.1. The molecule has 0 aliphatic rings. The molecular weight excluding hydrogens is 381 g/mol. The number of amides is 1. The maximum atomic E-state index is 13.7. The van der Waals surface area contributed by atoms with Gasteiger partial charge in [-0.1, -0.05) is 24.3 Å². The first-order chi connectivity index (χ1) is 13.4. The Kier molecular flexibility index (Phi) is 5.70. The Morgan fingerprint density at radius 2 is 1.86 bits per heavy atom. The molecule has 144 valence electrons. The van der Waals surface area contributed by atoms with Gasteiger partial charge in [-0.3, -0.25) is 14.5 Å². The molecule has 0 aliphatic carbocycles. The van der Waals surface area contributed by atoms with Crippen LogP contribution in [0.4, 0.5) is 10.1 Å². The molecule has 0 fully saturated rings. The number of para-hydroxylation sites is 1. The molecule has 1 amide bonds. The lowest BCUT2D eigenvalue weighted by Gasteiger charge is -2.11. The molecule has 0 aliphatic heterocycles. The zero-order valence-corrected chi connectivity index (χ0v) is 15.8. The van der Waals surface area contributed by atoms with Gasteiger partial charge in [0.25, 0.3) is 15.9 Å². The highest BCUT2D eigenvalue weighted by atomic mass is 32.2. The van der Waals surface area contributed by atoms with Gasteiger partial charge in [-0.15, -0.1) is 0 Å². The van der Waals surface area contributed by atoms with Crippen molar-refractivity contribution in [3.63, 3.8) is 0 Å². The van der Waals surface area contributed by atoms with E-state index in [9.17, 15) is 17.6 Å². The molecule has 0 saturated heterocycles. The van der Waals surface area contributed by atoms with E-state index in [1.54, 1.807) is 12.3 Å². The lowest BCUT2D eigenvalue weighted by atomic mass is 10.2. The van der Waals surface area contributed by atoms with Crippen LogP contribution in [0.15, 0.2) is 71.8 Å². The van der Waals surface area contributed by atoms with Gasteiger partial charge in [-0.25, -0.2) is 12.8 Å². The number of benzene rings is 2. The van der Waals surface area contributed by atoms with E-state index in [4.69, 9.17) is 0 Å². The first-order valence-electron chi connectivity index (χ1n) is 8.43. The minimum absolute atomic E-state index is 0.141. The van der Waals surface area contributed by atoms with Gasteiger partial charge in [-0.2, -0.15) is 0 Å². The molecule has 3 rings (SSSR count). The van der Waals surface area contributed by atoms with Gasteiger partial charge in [0.05, 0.1) is 22.8 Å². The van der Waals surface area contributed by atoms with Crippen molar-refractivity contribution in [2.45, 2.75) is 18.4 Å². The topological polar surface area (TPSA) is 88.2 Å². The largest absolute Gasteiger partial charge is 0.346 e. The maximum Gasteiger partial charge on any atom is 0.262 e. The van der Waals surface area contributed by atoms with Crippen molar-refractivity contribution in [2.24, 2.45) is 0 Å². The van der Waals surface area contributed by atoms with Crippen LogP contribution >= 0.6 is 0 Å². The Morgan fingerprint density at radius 1 is 1.07 bits per heavy atom. The van der Waals surface area contributed by atoms with Crippen molar-refractivity contribution in [2.75, 3.05) is 4.72 Å². The molecule has 1 aromatic heterocycles. The van der Waals surface area contributed by atoms with Crippen molar-refractivity contribution in [3.8, 4) is 0 Å². The van der Waals surface area contributed by atoms with E-state index in [1.165, 1.54) is 42.5 Å². The fourth-order valence-electron chi connectivity index (χ4n) is 2.52. The Bertz CT molecular complexity index is 1120. The number of halogens is 1. The summed E-state index contributed by atoms with van der Waals surface area (Å²) in [6.45, 7) is 2.10. The van der Waals surface area contributed by atoms with Crippen LogP contribution in [0.25, 0.3) is 0 Å². The molecule has 1 heterocycles. The summed E-state index contributed by atoms with van der Waals surface area (Å²) in [4.78, 5) is 16.5. The lowest BCUT2D eigenvalue weighted by Crippen LogP contribution is -2.24. The second-order valence-corrected chi connectivity index (χ2v) is 7.75. The van der Waals surface area contributed by atoms with Crippen molar-refractivity contribution >= 4 is 21.6 Å². The maximum absolute atomic E-state index is 13.7. The first kappa shape index (κ1) is 19.5. The minimum atomic E-state index is -4.05. The molecule has 0 saturated carbocycles. The number of aryl methyl sites for hydroxylation is 1. The number of anilines is 1. The third-order valence-corrected chi connectivity index (χ3v) is 5.42. The van der Waals surface area contributed by atoms with Crippen LogP contribution in [-0.2, 0) is 16.6 Å². The molecular formula is C20H18FN3O3S. The quantitative estimate of drug-likeness (QED) is 0.666. The van der Waals surface area contributed by atoms with E-state index in [0.29, 0.717) is 0 Å². The summed E-state index contributed by atoms with van der Waals surface area (Å²) in [5.41, 5.74) is 1.67. The number of hydrogen-bond acceptors (Lipinski definition) is 4. The molecule has 2 N–H and O–H groups in total. The Labute approximate surface area is 162 Å². The third-order valence-electron chi connectivity index (χ3n) is 4.06. The summed E-state index contributed by atoms with van der Waals surface area (Å²) in [5, 5.41) is 2.72. The predicted octanol–water partition coefficient (Wildman–Crippen LogP) is 3.26. The van der Waals surface area contributed by atoms with Crippen molar-refractivity contribution < 1.29 is 17.6 Å². The lowest BCUT2D eigenvalue weighted by molar-refractivity contribution is 0.0950. The number of pyridine rings is 1. The second kappa shape index (κ2) is 8.18. The molecule has 0 unspecified atom stereocenters. The smallest absolute Gasteiger partial charge is 0.262 e. The van der Waals surface area contributed by atoms with Gasteiger partial charge >= 0.3 is 0 Å². The zero-order valence-electron chi connectivity index (χ0n) is 15.0. The molecule has 0 bridgehead atoms. The van der Waals surface area contributed by atoms with E-state index < -0.39 is 21.7 Å².